The molecule has 6 heteroatoms. The molecule has 1 aliphatic heterocycles. The van der Waals surface area contributed by atoms with Gasteiger partial charge in [0.25, 0.3) is 5.91 Å². The van der Waals surface area contributed by atoms with E-state index in [0.717, 1.165) is 5.69 Å². The topological polar surface area (TPSA) is 65.8 Å². The number of hydrogen-bond acceptors (Lipinski definition) is 3. The minimum atomic E-state index is -0.142. The Kier molecular flexibility index (Phi) is 4.09. The van der Waals surface area contributed by atoms with E-state index in [-0.39, 0.29) is 11.9 Å². The second-order valence-electron chi connectivity index (χ2n) is 5.05. The van der Waals surface area contributed by atoms with Crippen LogP contribution in [0.2, 0.25) is 0 Å². The van der Waals surface area contributed by atoms with Gasteiger partial charge in [0.05, 0.1) is 6.26 Å². The molecular weight excluding hydrogens is 282 g/mol. The molecule has 2 heterocycles. The number of anilines is 1. The molecule has 0 radical (unpaired) electrons. The molecule has 0 spiro atoms. The lowest BCUT2D eigenvalue weighted by Crippen LogP contribution is -2.51. The lowest BCUT2D eigenvalue weighted by Gasteiger charge is -2.34. The third kappa shape index (κ3) is 3.11. The zero-order chi connectivity index (χ0) is 15.4. The van der Waals surface area contributed by atoms with Gasteiger partial charge < -0.3 is 19.5 Å². The van der Waals surface area contributed by atoms with Gasteiger partial charge in [0.2, 0.25) is 0 Å². The Morgan fingerprint density at radius 2 is 1.59 bits per heavy atom. The van der Waals surface area contributed by atoms with Crippen LogP contribution in [0.4, 0.5) is 10.5 Å². The molecular formula is C16H17N3O3. The van der Waals surface area contributed by atoms with E-state index in [1.165, 1.54) is 6.26 Å². The Bertz CT molecular complexity index is 632. The standard InChI is InChI=1S/C16H17N3O3/c20-15(14-7-4-12-22-14)18-8-10-19(11-9-18)16(21)17-13-5-2-1-3-6-13/h1-7,12H,8-11H2,(H,17,21). The van der Waals surface area contributed by atoms with Crippen molar-refractivity contribution in [3.05, 3.63) is 54.5 Å². The van der Waals surface area contributed by atoms with Gasteiger partial charge in [0.1, 0.15) is 0 Å². The molecule has 0 unspecified atom stereocenters. The summed E-state index contributed by atoms with van der Waals surface area (Å²) in [4.78, 5) is 27.7. The predicted octanol–water partition coefficient (Wildman–Crippen LogP) is 2.27. The Morgan fingerprint density at radius 1 is 0.909 bits per heavy atom. The van der Waals surface area contributed by atoms with Crippen LogP contribution in [-0.2, 0) is 0 Å². The number of urea groups is 1. The molecule has 6 nitrogen and oxygen atoms in total. The average Bonchev–Trinajstić information content (AvgIpc) is 3.10. The van der Waals surface area contributed by atoms with Gasteiger partial charge in [-0.3, -0.25) is 4.79 Å². The molecule has 1 N–H and O–H groups in total. The number of rotatable bonds is 2. The van der Waals surface area contributed by atoms with Crippen molar-refractivity contribution >= 4 is 17.6 Å². The van der Waals surface area contributed by atoms with Crippen LogP contribution in [0.1, 0.15) is 10.6 Å². The van der Waals surface area contributed by atoms with E-state index in [4.69, 9.17) is 4.42 Å². The van der Waals surface area contributed by atoms with Gasteiger partial charge in [0, 0.05) is 31.9 Å². The van der Waals surface area contributed by atoms with Crippen LogP contribution in [0.3, 0.4) is 0 Å². The van der Waals surface area contributed by atoms with Gasteiger partial charge in [0.15, 0.2) is 5.76 Å². The predicted molar refractivity (Wildman–Crippen MR) is 81.6 cm³/mol. The average molecular weight is 299 g/mol. The normalized spacial score (nSPS) is 14.7. The Hall–Kier alpha value is -2.76. The molecule has 2 aromatic rings. The number of carbonyl (C=O) groups excluding carboxylic acids is 2. The van der Waals surface area contributed by atoms with E-state index in [1.807, 2.05) is 30.3 Å². The van der Waals surface area contributed by atoms with Crippen molar-refractivity contribution < 1.29 is 14.0 Å². The second-order valence-corrected chi connectivity index (χ2v) is 5.05. The number of piperazine rings is 1. The van der Waals surface area contributed by atoms with Gasteiger partial charge >= 0.3 is 6.03 Å². The summed E-state index contributed by atoms with van der Waals surface area (Å²) in [6, 6.07) is 12.5. The Morgan fingerprint density at radius 3 is 2.23 bits per heavy atom. The number of amides is 3. The Labute approximate surface area is 128 Å². The van der Waals surface area contributed by atoms with Crippen molar-refractivity contribution in [2.75, 3.05) is 31.5 Å². The summed E-state index contributed by atoms with van der Waals surface area (Å²) in [6.07, 6.45) is 1.48. The second kappa shape index (κ2) is 6.34. The van der Waals surface area contributed by atoms with Crippen LogP contribution in [0.25, 0.3) is 0 Å². The van der Waals surface area contributed by atoms with Crippen molar-refractivity contribution in [2.24, 2.45) is 0 Å². The van der Waals surface area contributed by atoms with E-state index in [1.54, 1.807) is 21.9 Å². The molecule has 114 valence electrons. The monoisotopic (exact) mass is 299 g/mol. The highest BCUT2D eigenvalue weighted by Gasteiger charge is 2.25. The van der Waals surface area contributed by atoms with Gasteiger partial charge in [-0.1, -0.05) is 18.2 Å². The van der Waals surface area contributed by atoms with Gasteiger partial charge in [-0.05, 0) is 24.3 Å². The van der Waals surface area contributed by atoms with Crippen LogP contribution >= 0.6 is 0 Å². The fourth-order valence-electron chi connectivity index (χ4n) is 2.39. The first-order valence-corrected chi connectivity index (χ1v) is 7.18. The summed E-state index contributed by atoms with van der Waals surface area (Å²) in [6.45, 7) is 2.01. The molecule has 22 heavy (non-hydrogen) atoms. The van der Waals surface area contributed by atoms with E-state index in [2.05, 4.69) is 5.32 Å². The van der Waals surface area contributed by atoms with Gasteiger partial charge in [-0.15, -0.1) is 0 Å². The first kappa shape index (κ1) is 14.2. The first-order chi connectivity index (χ1) is 10.7. The number of nitrogens with zero attached hydrogens (tertiary/aromatic N) is 2. The molecule has 0 aliphatic carbocycles. The number of furan rings is 1. The van der Waals surface area contributed by atoms with Gasteiger partial charge in [-0.2, -0.15) is 0 Å². The zero-order valence-electron chi connectivity index (χ0n) is 12.1. The zero-order valence-corrected chi connectivity index (χ0v) is 12.1. The lowest BCUT2D eigenvalue weighted by atomic mass is 10.3. The lowest BCUT2D eigenvalue weighted by molar-refractivity contribution is 0.0640. The maximum atomic E-state index is 12.2. The highest BCUT2D eigenvalue weighted by atomic mass is 16.3. The number of benzene rings is 1. The maximum absolute atomic E-state index is 12.2. The van der Waals surface area contributed by atoms with E-state index >= 15 is 0 Å². The van der Waals surface area contributed by atoms with Crippen molar-refractivity contribution in [1.29, 1.82) is 0 Å². The molecule has 0 atom stereocenters. The Balaban J connectivity index is 1.53. The number of nitrogens with one attached hydrogen (secondary N) is 1. The van der Waals surface area contributed by atoms with E-state index < -0.39 is 0 Å². The molecule has 3 amide bonds. The van der Waals surface area contributed by atoms with Crippen LogP contribution in [-0.4, -0.2) is 47.9 Å². The SMILES string of the molecule is O=C(Nc1ccccc1)N1CCN(C(=O)c2ccco2)CC1. The van der Waals surface area contributed by atoms with Crippen molar-refractivity contribution in [1.82, 2.24) is 9.80 Å². The van der Waals surface area contributed by atoms with E-state index in [9.17, 15) is 9.59 Å². The molecule has 1 aromatic carbocycles. The highest BCUT2D eigenvalue weighted by Crippen LogP contribution is 2.11. The third-order valence-electron chi connectivity index (χ3n) is 3.61. The molecule has 0 saturated carbocycles. The summed E-state index contributed by atoms with van der Waals surface area (Å²) >= 11 is 0. The minimum Gasteiger partial charge on any atom is -0.459 e. The smallest absolute Gasteiger partial charge is 0.321 e. The summed E-state index contributed by atoms with van der Waals surface area (Å²) in [5.74, 6) is 0.204. The van der Waals surface area contributed by atoms with Crippen molar-refractivity contribution in [2.45, 2.75) is 0 Å². The molecule has 1 aromatic heterocycles. The molecule has 3 rings (SSSR count). The molecule has 1 saturated heterocycles. The molecule has 0 bridgehead atoms. The van der Waals surface area contributed by atoms with E-state index in [0.29, 0.717) is 31.9 Å². The van der Waals surface area contributed by atoms with Gasteiger partial charge in [-0.25, -0.2) is 4.79 Å². The van der Waals surface area contributed by atoms with Crippen molar-refractivity contribution in [3.8, 4) is 0 Å². The minimum absolute atomic E-state index is 0.131. The number of para-hydroxylation sites is 1. The number of carbonyl (C=O) groups is 2. The maximum Gasteiger partial charge on any atom is 0.321 e. The summed E-state index contributed by atoms with van der Waals surface area (Å²) in [7, 11) is 0. The fraction of sp³-hybridized carbons (Fsp3) is 0.250. The quantitative estimate of drug-likeness (QED) is 0.925. The molecule has 1 fully saturated rings. The van der Waals surface area contributed by atoms with Crippen LogP contribution < -0.4 is 5.32 Å². The van der Waals surface area contributed by atoms with Crippen LogP contribution in [0.5, 0.6) is 0 Å². The third-order valence-corrected chi connectivity index (χ3v) is 3.61. The fourth-order valence-corrected chi connectivity index (χ4v) is 2.39. The summed E-state index contributed by atoms with van der Waals surface area (Å²) < 4.78 is 5.12. The van der Waals surface area contributed by atoms with Crippen molar-refractivity contribution in [3.63, 3.8) is 0 Å². The van der Waals surface area contributed by atoms with Crippen LogP contribution in [0, 0.1) is 0 Å². The summed E-state index contributed by atoms with van der Waals surface area (Å²) in [5.41, 5.74) is 0.765. The summed E-state index contributed by atoms with van der Waals surface area (Å²) in [5, 5.41) is 2.85. The molecule has 1 aliphatic rings. The highest BCUT2D eigenvalue weighted by molar-refractivity contribution is 5.92. The first-order valence-electron chi connectivity index (χ1n) is 7.18. The van der Waals surface area contributed by atoms with Crippen LogP contribution in [0.15, 0.2) is 53.1 Å². The largest absolute Gasteiger partial charge is 0.459 e. The number of hydrogen-bond donors (Lipinski definition) is 1.